The number of nitrogens with two attached hydrogens (primary N) is 1. The molecule has 1 aliphatic carbocycles. The van der Waals surface area contributed by atoms with Gasteiger partial charge in [-0.2, -0.15) is 0 Å². The van der Waals surface area contributed by atoms with Crippen LogP contribution in [0.2, 0.25) is 0 Å². The molecule has 1 unspecified atom stereocenters. The van der Waals surface area contributed by atoms with Crippen LogP contribution in [0.5, 0.6) is 0 Å². The van der Waals surface area contributed by atoms with Crippen molar-refractivity contribution in [2.75, 3.05) is 0 Å². The van der Waals surface area contributed by atoms with E-state index in [1.165, 1.54) is 0 Å². The van der Waals surface area contributed by atoms with Crippen LogP contribution in [0.15, 0.2) is 24.3 Å². The summed E-state index contributed by atoms with van der Waals surface area (Å²) in [6.45, 7) is 4.07. The molecular formula is C15H24N2O2. The number of nitrogens with one attached hydrogen (secondary N) is 1. The lowest BCUT2D eigenvalue weighted by atomic mass is 9.93. The Morgan fingerprint density at radius 3 is 2.68 bits per heavy atom. The molecule has 3 atom stereocenters. The van der Waals surface area contributed by atoms with Crippen molar-refractivity contribution >= 4 is 11.8 Å². The van der Waals surface area contributed by atoms with Gasteiger partial charge in [0.2, 0.25) is 11.8 Å². The normalized spacial score (nSPS) is 20.8. The van der Waals surface area contributed by atoms with Crippen LogP contribution in [-0.4, -0.2) is 17.9 Å². The molecule has 0 aromatic carbocycles. The largest absolute Gasteiger partial charge is 0.368 e. The Hall–Kier alpha value is -1.58. The number of amides is 2. The average molecular weight is 264 g/mol. The number of carbonyl (C=O) groups excluding carboxylic acids is 2. The van der Waals surface area contributed by atoms with E-state index in [-0.39, 0.29) is 11.8 Å². The molecule has 106 valence electrons. The number of hydrogen-bond donors (Lipinski definition) is 2. The van der Waals surface area contributed by atoms with Crippen LogP contribution in [0.25, 0.3) is 0 Å². The van der Waals surface area contributed by atoms with Gasteiger partial charge in [0.15, 0.2) is 0 Å². The second-order valence-electron chi connectivity index (χ2n) is 5.28. The molecule has 0 spiro atoms. The Balaban J connectivity index is 2.48. The highest BCUT2D eigenvalue weighted by Gasteiger charge is 2.22. The summed E-state index contributed by atoms with van der Waals surface area (Å²) in [4.78, 5) is 23.2. The van der Waals surface area contributed by atoms with Crippen LogP contribution in [0, 0.1) is 11.8 Å². The van der Waals surface area contributed by atoms with Gasteiger partial charge in [0.05, 0.1) is 0 Å². The van der Waals surface area contributed by atoms with Crippen molar-refractivity contribution in [3.05, 3.63) is 24.3 Å². The molecule has 0 aromatic rings. The summed E-state index contributed by atoms with van der Waals surface area (Å²) in [6, 6.07) is -0.572. The number of allylic oxidation sites excluding steroid dienone is 4. The van der Waals surface area contributed by atoms with Crippen molar-refractivity contribution in [2.45, 2.75) is 45.6 Å². The number of hydrogen-bond acceptors (Lipinski definition) is 2. The number of rotatable bonds is 7. The Morgan fingerprint density at radius 2 is 2.16 bits per heavy atom. The van der Waals surface area contributed by atoms with Crippen LogP contribution in [0.1, 0.15) is 39.5 Å². The Bertz CT molecular complexity index is 374. The standard InChI is InChI=1S/C15H24N2O2/c1-3-11(2)9-14(18)17-13(15(16)19)10-12-7-5-4-6-8-12/h4-7,11-13H,3,8-10H2,1-2H3,(H2,16,19)(H,17,18)/t11-,12?,13-/m0/s1. The molecule has 0 fully saturated rings. The van der Waals surface area contributed by atoms with Gasteiger partial charge in [-0.15, -0.1) is 0 Å². The van der Waals surface area contributed by atoms with Crippen molar-refractivity contribution in [3.63, 3.8) is 0 Å². The maximum absolute atomic E-state index is 11.8. The molecule has 0 saturated heterocycles. The smallest absolute Gasteiger partial charge is 0.240 e. The average Bonchev–Trinajstić information content (AvgIpc) is 2.38. The Morgan fingerprint density at radius 1 is 1.42 bits per heavy atom. The van der Waals surface area contributed by atoms with Gasteiger partial charge >= 0.3 is 0 Å². The van der Waals surface area contributed by atoms with Crippen LogP contribution >= 0.6 is 0 Å². The second kappa shape index (κ2) is 7.77. The fourth-order valence-electron chi connectivity index (χ4n) is 2.07. The van der Waals surface area contributed by atoms with E-state index in [2.05, 4.69) is 17.5 Å². The molecule has 0 saturated carbocycles. The van der Waals surface area contributed by atoms with Gasteiger partial charge in [0.25, 0.3) is 0 Å². The highest BCUT2D eigenvalue weighted by atomic mass is 16.2. The van der Waals surface area contributed by atoms with E-state index in [1.807, 2.05) is 26.0 Å². The predicted molar refractivity (Wildman–Crippen MR) is 76.2 cm³/mol. The highest BCUT2D eigenvalue weighted by molar-refractivity contribution is 5.86. The van der Waals surface area contributed by atoms with Crippen molar-refractivity contribution in [2.24, 2.45) is 17.6 Å². The third-order valence-electron chi connectivity index (χ3n) is 3.52. The van der Waals surface area contributed by atoms with Gasteiger partial charge in [0.1, 0.15) is 6.04 Å². The monoisotopic (exact) mass is 264 g/mol. The van der Waals surface area contributed by atoms with E-state index < -0.39 is 11.9 Å². The van der Waals surface area contributed by atoms with Crippen molar-refractivity contribution < 1.29 is 9.59 Å². The molecule has 3 N–H and O–H groups in total. The maximum atomic E-state index is 11.8. The lowest BCUT2D eigenvalue weighted by Gasteiger charge is -2.21. The molecule has 0 aromatic heterocycles. The van der Waals surface area contributed by atoms with Crippen molar-refractivity contribution in [3.8, 4) is 0 Å². The van der Waals surface area contributed by atoms with Gasteiger partial charge < -0.3 is 11.1 Å². The molecule has 1 rings (SSSR count). The zero-order valence-electron chi connectivity index (χ0n) is 11.8. The first-order valence-electron chi connectivity index (χ1n) is 6.95. The molecule has 2 amide bonds. The minimum Gasteiger partial charge on any atom is -0.368 e. The summed E-state index contributed by atoms with van der Waals surface area (Å²) in [5.74, 6) is 0.0476. The van der Waals surface area contributed by atoms with Gasteiger partial charge in [-0.3, -0.25) is 9.59 Å². The molecule has 0 heterocycles. The minimum absolute atomic E-state index is 0.0894. The zero-order valence-corrected chi connectivity index (χ0v) is 11.8. The summed E-state index contributed by atoms with van der Waals surface area (Å²) in [5, 5.41) is 2.76. The topological polar surface area (TPSA) is 72.2 Å². The zero-order chi connectivity index (χ0) is 14.3. The molecule has 0 aliphatic heterocycles. The maximum Gasteiger partial charge on any atom is 0.240 e. The van der Waals surface area contributed by atoms with Crippen LogP contribution in [0.3, 0.4) is 0 Å². The first-order valence-corrected chi connectivity index (χ1v) is 6.95. The van der Waals surface area contributed by atoms with Gasteiger partial charge in [0, 0.05) is 6.42 Å². The summed E-state index contributed by atoms with van der Waals surface area (Å²) in [6.07, 6.45) is 10.9. The lowest BCUT2D eigenvalue weighted by Crippen LogP contribution is -2.45. The Kier molecular flexibility index (Phi) is 6.33. The lowest BCUT2D eigenvalue weighted by molar-refractivity contribution is -0.128. The molecule has 0 radical (unpaired) electrons. The fourth-order valence-corrected chi connectivity index (χ4v) is 2.07. The van der Waals surface area contributed by atoms with Crippen molar-refractivity contribution in [1.82, 2.24) is 5.32 Å². The number of carbonyl (C=O) groups is 2. The highest BCUT2D eigenvalue weighted by Crippen LogP contribution is 2.17. The molecule has 4 nitrogen and oxygen atoms in total. The first-order chi connectivity index (χ1) is 9.02. The summed E-state index contributed by atoms with van der Waals surface area (Å²) in [5.41, 5.74) is 5.37. The Labute approximate surface area is 115 Å². The first kappa shape index (κ1) is 15.5. The van der Waals surface area contributed by atoms with E-state index in [1.54, 1.807) is 0 Å². The molecule has 1 aliphatic rings. The third kappa shape index (κ3) is 5.73. The fraction of sp³-hybridized carbons (Fsp3) is 0.600. The van der Waals surface area contributed by atoms with E-state index in [9.17, 15) is 9.59 Å². The van der Waals surface area contributed by atoms with Crippen LogP contribution < -0.4 is 11.1 Å². The molecule has 0 bridgehead atoms. The molecular weight excluding hydrogens is 240 g/mol. The van der Waals surface area contributed by atoms with Crippen LogP contribution in [-0.2, 0) is 9.59 Å². The quantitative estimate of drug-likeness (QED) is 0.737. The van der Waals surface area contributed by atoms with E-state index in [0.29, 0.717) is 18.8 Å². The molecule has 19 heavy (non-hydrogen) atoms. The van der Waals surface area contributed by atoms with E-state index >= 15 is 0 Å². The van der Waals surface area contributed by atoms with E-state index in [0.717, 1.165) is 12.8 Å². The minimum atomic E-state index is -0.572. The van der Waals surface area contributed by atoms with E-state index in [4.69, 9.17) is 5.73 Å². The number of primary amides is 1. The van der Waals surface area contributed by atoms with Crippen molar-refractivity contribution in [1.29, 1.82) is 0 Å². The van der Waals surface area contributed by atoms with Crippen LogP contribution in [0.4, 0.5) is 0 Å². The second-order valence-corrected chi connectivity index (χ2v) is 5.28. The summed E-state index contributed by atoms with van der Waals surface area (Å²) in [7, 11) is 0. The SMILES string of the molecule is CC[C@H](C)CC(=O)N[C@@H](CC1C=CC=CC1)C(N)=O. The van der Waals surface area contributed by atoms with Gasteiger partial charge in [-0.05, 0) is 24.7 Å². The predicted octanol–water partition coefficient (Wildman–Crippen LogP) is 1.92. The van der Waals surface area contributed by atoms with Gasteiger partial charge in [-0.1, -0.05) is 44.6 Å². The van der Waals surface area contributed by atoms with Gasteiger partial charge in [-0.25, -0.2) is 0 Å². The summed E-state index contributed by atoms with van der Waals surface area (Å²) < 4.78 is 0. The molecule has 4 heteroatoms. The summed E-state index contributed by atoms with van der Waals surface area (Å²) >= 11 is 0. The third-order valence-corrected chi connectivity index (χ3v) is 3.52.